The number of carbonyl (C=O) groups is 1. The quantitative estimate of drug-likeness (QED) is 0.395. The topological polar surface area (TPSA) is 134 Å². The van der Waals surface area contributed by atoms with Gasteiger partial charge in [0.2, 0.25) is 0 Å². The van der Waals surface area contributed by atoms with Crippen LogP contribution in [0.15, 0.2) is 30.5 Å². The fraction of sp³-hybridized carbons (Fsp3) is 0.381. The number of nitrogens with one attached hydrogen (secondary N) is 4. The number of hydrogen-bond acceptors (Lipinski definition) is 8. The number of ether oxygens (including phenoxy) is 2. The first kappa shape index (κ1) is 20.2. The maximum absolute atomic E-state index is 12.4. The second-order valence-electron chi connectivity index (χ2n) is 7.84. The predicted octanol–water partition coefficient (Wildman–Crippen LogP) is 2.18. The van der Waals surface area contributed by atoms with Crippen LogP contribution in [0.5, 0.6) is 11.5 Å². The van der Waals surface area contributed by atoms with E-state index in [1.807, 2.05) is 24.3 Å². The summed E-state index contributed by atoms with van der Waals surface area (Å²) < 4.78 is 13.0. The zero-order valence-corrected chi connectivity index (χ0v) is 17.6. The second kappa shape index (κ2) is 8.42. The van der Waals surface area contributed by atoms with Gasteiger partial charge in [0.15, 0.2) is 17.1 Å². The number of aliphatic hydroxyl groups excluding tert-OH is 1. The Hall–Kier alpha value is -3.73. The van der Waals surface area contributed by atoms with Crippen molar-refractivity contribution < 1.29 is 19.4 Å². The van der Waals surface area contributed by atoms with Gasteiger partial charge in [0.25, 0.3) is 0 Å². The second-order valence-corrected chi connectivity index (χ2v) is 7.84. The van der Waals surface area contributed by atoms with E-state index in [2.05, 4.69) is 31.3 Å². The van der Waals surface area contributed by atoms with Gasteiger partial charge in [0.05, 0.1) is 11.9 Å². The monoisotopic (exact) mass is 439 g/mol. The Labute approximate surface area is 184 Å². The molecule has 0 radical (unpaired) electrons. The number of aliphatic hydroxyl groups is 1. The molecule has 32 heavy (non-hydrogen) atoms. The standard InChI is InChI=1S/C21H25N7O4/c1-22-18-9-17(25-14-3-2-4-16-19(14)32-6-5-31-16)27-20-15(10-23-28(18)20)26-21(30)24-13-7-12(8-13)11-29/h2-4,9-10,12-13,22,29H,5-8,11H2,1H3,(H,25,27)(H2,24,26,30). The van der Waals surface area contributed by atoms with Gasteiger partial charge in [0, 0.05) is 25.8 Å². The van der Waals surface area contributed by atoms with Crippen LogP contribution in [-0.2, 0) is 0 Å². The first-order valence-corrected chi connectivity index (χ1v) is 10.5. The minimum absolute atomic E-state index is 0.0681. The minimum Gasteiger partial charge on any atom is -0.486 e. The van der Waals surface area contributed by atoms with Gasteiger partial charge in [-0.05, 0) is 30.9 Å². The first-order valence-electron chi connectivity index (χ1n) is 10.5. The smallest absolute Gasteiger partial charge is 0.319 e. The molecule has 0 unspecified atom stereocenters. The summed E-state index contributed by atoms with van der Waals surface area (Å²) in [6, 6.07) is 7.19. The molecule has 1 saturated carbocycles. The van der Waals surface area contributed by atoms with Gasteiger partial charge < -0.3 is 35.8 Å². The van der Waals surface area contributed by atoms with Crippen LogP contribution in [0.1, 0.15) is 12.8 Å². The Bertz CT molecular complexity index is 1140. The highest BCUT2D eigenvalue weighted by Gasteiger charge is 2.29. The average Bonchev–Trinajstić information content (AvgIpc) is 3.18. The molecule has 0 atom stereocenters. The van der Waals surface area contributed by atoms with Crippen molar-refractivity contribution in [3.8, 4) is 11.5 Å². The Morgan fingerprint density at radius 1 is 1.25 bits per heavy atom. The summed E-state index contributed by atoms with van der Waals surface area (Å²) in [6.45, 7) is 1.15. The van der Waals surface area contributed by atoms with Gasteiger partial charge in [-0.3, -0.25) is 0 Å². The third-order valence-electron chi connectivity index (χ3n) is 5.63. The number of aromatic nitrogens is 3. The molecular weight excluding hydrogens is 414 g/mol. The van der Waals surface area contributed by atoms with Gasteiger partial charge in [-0.1, -0.05) is 6.07 Å². The zero-order valence-electron chi connectivity index (χ0n) is 17.6. The summed E-state index contributed by atoms with van der Waals surface area (Å²) in [5.41, 5.74) is 1.70. The highest BCUT2D eigenvalue weighted by Crippen LogP contribution is 2.39. The number of anilines is 4. The number of benzene rings is 1. The fourth-order valence-electron chi connectivity index (χ4n) is 3.95. The normalized spacial score (nSPS) is 19.2. The van der Waals surface area contributed by atoms with Gasteiger partial charge in [-0.2, -0.15) is 9.61 Å². The van der Waals surface area contributed by atoms with Gasteiger partial charge >= 0.3 is 6.03 Å². The molecule has 3 heterocycles. The van der Waals surface area contributed by atoms with E-state index in [4.69, 9.17) is 14.6 Å². The lowest BCUT2D eigenvalue weighted by Gasteiger charge is -2.34. The van der Waals surface area contributed by atoms with E-state index >= 15 is 0 Å². The van der Waals surface area contributed by atoms with Crippen LogP contribution < -0.4 is 30.7 Å². The first-order chi connectivity index (χ1) is 15.6. The third kappa shape index (κ3) is 3.82. The predicted molar refractivity (Wildman–Crippen MR) is 119 cm³/mol. The van der Waals surface area contributed by atoms with E-state index in [0.29, 0.717) is 47.7 Å². The van der Waals surface area contributed by atoms with Crippen LogP contribution in [0, 0.1) is 5.92 Å². The van der Waals surface area contributed by atoms with Crippen LogP contribution in [0.4, 0.5) is 27.8 Å². The summed E-state index contributed by atoms with van der Waals surface area (Å²) in [5.74, 6) is 2.83. The summed E-state index contributed by atoms with van der Waals surface area (Å²) in [6.07, 6.45) is 3.12. The molecule has 0 saturated heterocycles. The van der Waals surface area contributed by atoms with Crippen LogP contribution in [0.2, 0.25) is 0 Å². The van der Waals surface area contributed by atoms with Crippen molar-refractivity contribution >= 4 is 34.7 Å². The molecule has 0 bridgehead atoms. The Morgan fingerprint density at radius 2 is 2.09 bits per heavy atom. The molecule has 0 spiro atoms. The highest BCUT2D eigenvalue weighted by molar-refractivity contribution is 5.93. The van der Waals surface area contributed by atoms with E-state index < -0.39 is 0 Å². The molecule has 1 aliphatic heterocycles. The summed E-state index contributed by atoms with van der Waals surface area (Å²) in [5, 5.41) is 25.6. The van der Waals surface area contributed by atoms with Crippen molar-refractivity contribution in [3.05, 3.63) is 30.5 Å². The van der Waals surface area contributed by atoms with Gasteiger partial charge in [-0.25, -0.2) is 9.78 Å². The third-order valence-corrected chi connectivity index (χ3v) is 5.63. The van der Waals surface area contributed by atoms with Crippen molar-refractivity contribution in [2.45, 2.75) is 18.9 Å². The molecule has 3 aromatic rings. The molecule has 11 nitrogen and oxygen atoms in total. The van der Waals surface area contributed by atoms with E-state index in [-0.39, 0.29) is 24.6 Å². The molecule has 2 aliphatic rings. The van der Waals surface area contributed by atoms with Crippen LogP contribution >= 0.6 is 0 Å². The SMILES string of the molecule is CNc1cc(Nc2cccc3c2OCCO3)nc2c(NC(=O)NC3CC(CO)C3)cnn12. The number of rotatable bonds is 6. The minimum atomic E-state index is -0.324. The number of carbonyl (C=O) groups excluding carboxylic acids is 1. The molecule has 2 aromatic heterocycles. The molecule has 1 aliphatic carbocycles. The number of nitrogens with zero attached hydrogens (tertiary/aromatic N) is 3. The van der Waals surface area contributed by atoms with Crippen molar-refractivity contribution in [2.24, 2.45) is 5.92 Å². The van der Waals surface area contributed by atoms with E-state index in [1.54, 1.807) is 17.8 Å². The number of hydrogen-bond donors (Lipinski definition) is 5. The molecule has 5 N–H and O–H groups in total. The van der Waals surface area contributed by atoms with Crippen LogP contribution in [0.25, 0.3) is 5.65 Å². The molecule has 168 valence electrons. The number of fused-ring (bicyclic) bond motifs is 2. The summed E-state index contributed by atoms with van der Waals surface area (Å²) in [4.78, 5) is 17.1. The number of amides is 2. The van der Waals surface area contributed by atoms with Crippen molar-refractivity contribution in [1.82, 2.24) is 19.9 Å². The molecule has 1 fully saturated rings. The molecule has 11 heteroatoms. The Balaban J connectivity index is 1.39. The van der Waals surface area contributed by atoms with E-state index in [9.17, 15) is 4.79 Å². The largest absolute Gasteiger partial charge is 0.486 e. The van der Waals surface area contributed by atoms with Crippen LogP contribution in [-0.4, -0.2) is 58.6 Å². The maximum Gasteiger partial charge on any atom is 0.319 e. The zero-order chi connectivity index (χ0) is 22.1. The van der Waals surface area contributed by atoms with Crippen molar-refractivity contribution in [3.63, 3.8) is 0 Å². The maximum atomic E-state index is 12.4. The van der Waals surface area contributed by atoms with E-state index in [0.717, 1.165) is 18.5 Å². The summed E-state index contributed by atoms with van der Waals surface area (Å²) >= 11 is 0. The molecular formula is C21H25N7O4. The number of para-hydroxylation sites is 1. The number of urea groups is 1. The lowest BCUT2D eigenvalue weighted by molar-refractivity contribution is 0.130. The molecule has 1 aromatic carbocycles. The Kier molecular flexibility index (Phi) is 5.31. The van der Waals surface area contributed by atoms with Gasteiger partial charge in [-0.15, -0.1) is 0 Å². The van der Waals surface area contributed by atoms with Crippen molar-refractivity contribution in [2.75, 3.05) is 42.8 Å². The highest BCUT2D eigenvalue weighted by atomic mass is 16.6. The van der Waals surface area contributed by atoms with E-state index in [1.165, 1.54) is 0 Å². The summed E-state index contributed by atoms with van der Waals surface area (Å²) in [7, 11) is 1.79. The van der Waals surface area contributed by atoms with Gasteiger partial charge in [0.1, 0.15) is 30.5 Å². The lowest BCUT2D eigenvalue weighted by Crippen LogP contribution is -2.46. The Morgan fingerprint density at radius 3 is 2.91 bits per heavy atom. The molecule has 5 rings (SSSR count). The van der Waals surface area contributed by atoms with Crippen LogP contribution in [0.3, 0.4) is 0 Å². The molecule has 2 amide bonds. The lowest BCUT2D eigenvalue weighted by atomic mass is 9.81. The average molecular weight is 439 g/mol. The van der Waals surface area contributed by atoms with Crippen molar-refractivity contribution in [1.29, 1.82) is 0 Å². The fourth-order valence-corrected chi connectivity index (χ4v) is 3.95.